The highest BCUT2D eigenvalue weighted by Gasteiger charge is 2.42. The summed E-state index contributed by atoms with van der Waals surface area (Å²) in [7, 11) is 0. The van der Waals surface area contributed by atoms with Crippen molar-refractivity contribution in [2.24, 2.45) is 17.8 Å². The smallest absolute Gasteiger partial charge is 0.226 e. The number of hydrogen-bond donors (Lipinski definition) is 0. The highest BCUT2D eigenvalue weighted by atomic mass is 16.2. The van der Waals surface area contributed by atoms with Crippen molar-refractivity contribution in [1.29, 1.82) is 0 Å². The summed E-state index contributed by atoms with van der Waals surface area (Å²) >= 11 is 0. The van der Waals surface area contributed by atoms with Crippen LogP contribution in [0.15, 0.2) is 73.2 Å². The van der Waals surface area contributed by atoms with Crippen molar-refractivity contribution in [2.75, 3.05) is 13.1 Å². The number of nitrogens with zero attached hydrogens (tertiary/aromatic N) is 4. The molecule has 2 bridgehead atoms. The zero-order valence-electron chi connectivity index (χ0n) is 18.7. The number of fused-ring (bicyclic) bond motifs is 2. The first-order valence-corrected chi connectivity index (χ1v) is 12.1. The van der Waals surface area contributed by atoms with E-state index in [-0.39, 0.29) is 11.8 Å². The molecule has 3 aromatic rings. The van der Waals surface area contributed by atoms with Gasteiger partial charge in [-0.1, -0.05) is 42.5 Å². The van der Waals surface area contributed by atoms with Crippen LogP contribution in [0.3, 0.4) is 0 Å². The van der Waals surface area contributed by atoms with Gasteiger partial charge in [-0.05, 0) is 55.2 Å². The minimum Gasteiger partial charge on any atom is -0.342 e. The Morgan fingerprint density at radius 3 is 2.58 bits per heavy atom. The van der Waals surface area contributed by atoms with Crippen LogP contribution in [0, 0.1) is 17.8 Å². The molecule has 3 aliphatic rings. The summed E-state index contributed by atoms with van der Waals surface area (Å²) in [5.41, 5.74) is 4.20. The lowest BCUT2D eigenvalue weighted by atomic mass is 9.87. The molecule has 0 radical (unpaired) electrons. The molecule has 6 rings (SSSR count). The number of rotatable bonds is 4. The van der Waals surface area contributed by atoms with Gasteiger partial charge in [0.15, 0.2) is 5.82 Å². The fraction of sp³-hybridized carbons (Fsp3) is 0.357. The Labute approximate surface area is 194 Å². The second-order valence-corrected chi connectivity index (χ2v) is 9.60. The summed E-state index contributed by atoms with van der Waals surface area (Å²) in [4.78, 5) is 29.5. The number of carbonyl (C=O) groups is 1. The van der Waals surface area contributed by atoms with Gasteiger partial charge in [-0.25, -0.2) is 9.97 Å². The summed E-state index contributed by atoms with van der Waals surface area (Å²) < 4.78 is 0. The molecule has 3 heterocycles. The largest absolute Gasteiger partial charge is 0.342 e. The van der Waals surface area contributed by atoms with E-state index in [2.05, 4.69) is 46.3 Å². The maximum absolute atomic E-state index is 13.5. The summed E-state index contributed by atoms with van der Waals surface area (Å²) in [5, 5.41) is 0. The maximum Gasteiger partial charge on any atom is 0.226 e. The van der Waals surface area contributed by atoms with Crippen LogP contribution in [0.25, 0.3) is 22.5 Å². The number of amides is 1. The first kappa shape index (κ1) is 20.3. The van der Waals surface area contributed by atoms with Crippen LogP contribution in [0.1, 0.15) is 37.3 Å². The predicted octanol–water partition coefficient (Wildman–Crippen LogP) is 5.12. The van der Waals surface area contributed by atoms with Gasteiger partial charge in [0.1, 0.15) is 0 Å². The standard InChI is InChI=1S/C28H28N4O/c33-28(24-16-19-8-9-22(24)15-19)32-14-4-7-23(18-32)26-25(20-5-2-1-3-6-20)17-30-27(31-26)21-10-12-29-13-11-21/h1-3,5-6,8-13,17,19,22-24H,4,7,14-16,18H2/t19-,22+,23?,24+/m0/s1. The van der Waals surface area contributed by atoms with Crippen molar-refractivity contribution in [2.45, 2.75) is 31.6 Å². The Kier molecular flexibility index (Phi) is 5.25. The molecular formula is C28H28N4O. The Bertz CT molecular complexity index is 1180. The molecule has 0 N–H and O–H groups in total. The number of hydrogen-bond acceptors (Lipinski definition) is 4. The van der Waals surface area contributed by atoms with E-state index in [0.717, 1.165) is 61.2 Å². The highest BCUT2D eigenvalue weighted by Crippen LogP contribution is 2.45. The van der Waals surface area contributed by atoms with E-state index in [0.29, 0.717) is 23.6 Å². The number of aromatic nitrogens is 3. The van der Waals surface area contributed by atoms with Crippen molar-refractivity contribution in [3.8, 4) is 22.5 Å². The Morgan fingerprint density at radius 2 is 1.82 bits per heavy atom. The molecule has 1 aromatic carbocycles. The summed E-state index contributed by atoms with van der Waals surface area (Å²) in [6.07, 6.45) is 14.3. The Hall–Kier alpha value is -3.34. The van der Waals surface area contributed by atoms with Gasteiger partial charge in [0.2, 0.25) is 5.91 Å². The number of likely N-dealkylation sites (tertiary alicyclic amines) is 1. The van der Waals surface area contributed by atoms with Gasteiger partial charge in [0, 0.05) is 54.6 Å². The Morgan fingerprint density at radius 1 is 0.970 bits per heavy atom. The van der Waals surface area contributed by atoms with Gasteiger partial charge >= 0.3 is 0 Å². The average Bonchev–Trinajstić information content (AvgIpc) is 3.53. The van der Waals surface area contributed by atoms with E-state index < -0.39 is 0 Å². The van der Waals surface area contributed by atoms with Crippen molar-refractivity contribution in [3.05, 3.63) is 78.9 Å². The lowest BCUT2D eigenvalue weighted by molar-refractivity contribution is -0.137. The summed E-state index contributed by atoms with van der Waals surface area (Å²) in [6, 6.07) is 14.2. The monoisotopic (exact) mass is 436 g/mol. The molecule has 1 saturated carbocycles. The molecule has 2 aliphatic carbocycles. The molecule has 1 unspecified atom stereocenters. The summed E-state index contributed by atoms with van der Waals surface area (Å²) in [6.45, 7) is 1.60. The second kappa shape index (κ2) is 8.54. The normalized spacial score (nSPS) is 26.0. The van der Waals surface area contributed by atoms with E-state index in [9.17, 15) is 4.79 Å². The van der Waals surface area contributed by atoms with Crippen LogP contribution < -0.4 is 0 Å². The molecule has 1 amide bonds. The SMILES string of the molecule is O=C([C@@H]1C[C@H]2C=C[C@@H]1C2)N1CCCC(c2nc(-c3ccncc3)ncc2-c2ccccc2)C1. The molecule has 5 nitrogen and oxygen atoms in total. The van der Waals surface area contributed by atoms with Crippen LogP contribution >= 0.6 is 0 Å². The van der Waals surface area contributed by atoms with Gasteiger partial charge in [-0.15, -0.1) is 0 Å². The van der Waals surface area contributed by atoms with Crippen molar-refractivity contribution in [1.82, 2.24) is 19.9 Å². The average molecular weight is 437 g/mol. The van der Waals surface area contributed by atoms with Crippen molar-refractivity contribution >= 4 is 5.91 Å². The van der Waals surface area contributed by atoms with Gasteiger partial charge < -0.3 is 4.90 Å². The molecule has 33 heavy (non-hydrogen) atoms. The number of piperidine rings is 1. The molecule has 1 saturated heterocycles. The Balaban J connectivity index is 1.33. The fourth-order valence-electron chi connectivity index (χ4n) is 5.89. The number of benzene rings is 1. The molecule has 2 fully saturated rings. The first-order chi connectivity index (χ1) is 16.3. The number of carbonyl (C=O) groups excluding carboxylic acids is 1. The molecule has 4 atom stereocenters. The predicted molar refractivity (Wildman–Crippen MR) is 128 cm³/mol. The molecule has 2 aromatic heterocycles. The summed E-state index contributed by atoms with van der Waals surface area (Å²) in [5.74, 6) is 2.50. The lowest BCUT2D eigenvalue weighted by Gasteiger charge is -2.36. The van der Waals surface area contributed by atoms with Crippen molar-refractivity contribution in [3.63, 3.8) is 0 Å². The van der Waals surface area contributed by atoms with E-state index in [4.69, 9.17) is 9.97 Å². The zero-order chi connectivity index (χ0) is 22.2. The first-order valence-electron chi connectivity index (χ1n) is 12.1. The van der Waals surface area contributed by atoms with Gasteiger partial charge in [-0.2, -0.15) is 0 Å². The number of pyridine rings is 1. The molecule has 5 heteroatoms. The molecular weight excluding hydrogens is 408 g/mol. The van der Waals surface area contributed by atoms with Gasteiger partial charge in [-0.3, -0.25) is 9.78 Å². The quantitative estimate of drug-likeness (QED) is 0.533. The minimum atomic E-state index is 0.171. The fourth-order valence-corrected chi connectivity index (χ4v) is 5.89. The maximum atomic E-state index is 13.5. The van der Waals surface area contributed by atoms with Crippen molar-refractivity contribution < 1.29 is 4.79 Å². The zero-order valence-corrected chi connectivity index (χ0v) is 18.7. The van der Waals surface area contributed by atoms with E-state index >= 15 is 0 Å². The van der Waals surface area contributed by atoms with Crippen LogP contribution in [-0.2, 0) is 4.79 Å². The van der Waals surface area contributed by atoms with Crippen LogP contribution in [0.4, 0.5) is 0 Å². The van der Waals surface area contributed by atoms with E-state index in [1.807, 2.05) is 24.4 Å². The third-order valence-corrected chi connectivity index (χ3v) is 7.56. The van der Waals surface area contributed by atoms with Crippen LogP contribution in [0.2, 0.25) is 0 Å². The van der Waals surface area contributed by atoms with Gasteiger partial charge in [0.25, 0.3) is 0 Å². The number of allylic oxidation sites excluding steroid dienone is 2. The molecule has 166 valence electrons. The lowest BCUT2D eigenvalue weighted by Crippen LogP contribution is -2.43. The highest BCUT2D eigenvalue weighted by molar-refractivity contribution is 5.80. The van der Waals surface area contributed by atoms with Crippen LogP contribution in [0.5, 0.6) is 0 Å². The van der Waals surface area contributed by atoms with Gasteiger partial charge in [0.05, 0.1) is 5.69 Å². The minimum absolute atomic E-state index is 0.171. The van der Waals surface area contributed by atoms with E-state index in [1.165, 1.54) is 0 Å². The third kappa shape index (κ3) is 3.86. The topological polar surface area (TPSA) is 59.0 Å². The van der Waals surface area contributed by atoms with E-state index in [1.54, 1.807) is 12.4 Å². The molecule has 0 spiro atoms. The second-order valence-electron chi connectivity index (χ2n) is 9.60. The van der Waals surface area contributed by atoms with Crippen LogP contribution in [-0.4, -0.2) is 38.8 Å². The third-order valence-electron chi connectivity index (χ3n) is 7.56. The molecule has 1 aliphatic heterocycles.